The van der Waals surface area contributed by atoms with Crippen LogP contribution in [0.25, 0.3) is 0 Å². The van der Waals surface area contributed by atoms with Gasteiger partial charge in [-0.05, 0) is 55.5 Å². The minimum absolute atomic E-state index is 0.200. The van der Waals surface area contributed by atoms with Crippen LogP contribution in [0.4, 0.5) is 5.69 Å². The topological polar surface area (TPSA) is 77.2 Å². The number of carbonyl (C=O) groups excluding carboxylic acids is 1. The summed E-state index contributed by atoms with van der Waals surface area (Å²) in [4.78, 5) is 16.2. The number of anilines is 1. The van der Waals surface area contributed by atoms with Gasteiger partial charge in [-0.2, -0.15) is 11.8 Å². The van der Waals surface area contributed by atoms with Crippen LogP contribution >= 0.6 is 11.8 Å². The lowest BCUT2D eigenvalue weighted by Gasteiger charge is -2.12. The zero-order chi connectivity index (χ0) is 17.5. The van der Waals surface area contributed by atoms with E-state index in [1.807, 2.05) is 38.3 Å². The SMILES string of the molecule is CSCC[C@H](N)C(=O)Nc1ccc(Oc2cccc(C)c2C)nc1. The third-order valence-electron chi connectivity index (χ3n) is 3.74. The van der Waals surface area contributed by atoms with Crippen LogP contribution in [0.3, 0.4) is 0 Å². The average Bonchev–Trinajstić information content (AvgIpc) is 2.58. The maximum absolute atomic E-state index is 12.0. The summed E-state index contributed by atoms with van der Waals surface area (Å²) < 4.78 is 5.80. The van der Waals surface area contributed by atoms with E-state index < -0.39 is 6.04 Å². The quantitative estimate of drug-likeness (QED) is 0.803. The first-order valence-electron chi connectivity index (χ1n) is 7.76. The van der Waals surface area contributed by atoms with Gasteiger partial charge in [0.15, 0.2) is 0 Å². The van der Waals surface area contributed by atoms with Crippen LogP contribution < -0.4 is 15.8 Å². The third kappa shape index (κ3) is 4.97. The summed E-state index contributed by atoms with van der Waals surface area (Å²) in [7, 11) is 0. The van der Waals surface area contributed by atoms with E-state index in [0.717, 1.165) is 22.6 Å². The van der Waals surface area contributed by atoms with Crippen LogP contribution in [0.1, 0.15) is 17.5 Å². The summed E-state index contributed by atoms with van der Waals surface area (Å²) in [5, 5.41) is 2.77. The second-order valence-corrected chi connectivity index (χ2v) is 6.55. The van der Waals surface area contributed by atoms with Crippen molar-refractivity contribution in [3.05, 3.63) is 47.7 Å². The van der Waals surface area contributed by atoms with Crippen LogP contribution in [0, 0.1) is 13.8 Å². The maximum atomic E-state index is 12.0. The summed E-state index contributed by atoms with van der Waals surface area (Å²) in [5.74, 6) is 1.91. The summed E-state index contributed by atoms with van der Waals surface area (Å²) in [6.07, 6.45) is 4.21. The first-order chi connectivity index (χ1) is 11.5. The molecule has 1 heterocycles. The molecule has 0 spiro atoms. The van der Waals surface area contributed by atoms with Crippen molar-refractivity contribution in [2.75, 3.05) is 17.3 Å². The van der Waals surface area contributed by atoms with Gasteiger partial charge in [-0.25, -0.2) is 4.98 Å². The number of pyridine rings is 1. The van der Waals surface area contributed by atoms with E-state index in [-0.39, 0.29) is 5.91 Å². The summed E-state index contributed by atoms with van der Waals surface area (Å²) in [6, 6.07) is 8.86. The Morgan fingerprint density at radius 1 is 1.33 bits per heavy atom. The largest absolute Gasteiger partial charge is 0.439 e. The Morgan fingerprint density at radius 3 is 2.79 bits per heavy atom. The number of nitrogens with two attached hydrogens (primary N) is 1. The number of amides is 1. The molecule has 6 heteroatoms. The number of ether oxygens (including phenoxy) is 1. The average molecular weight is 345 g/mol. The fourth-order valence-electron chi connectivity index (χ4n) is 2.07. The van der Waals surface area contributed by atoms with E-state index in [0.29, 0.717) is 18.0 Å². The Kier molecular flexibility index (Phi) is 6.63. The van der Waals surface area contributed by atoms with Crippen molar-refractivity contribution in [3.8, 4) is 11.6 Å². The molecule has 0 bridgehead atoms. The van der Waals surface area contributed by atoms with E-state index in [4.69, 9.17) is 10.5 Å². The van der Waals surface area contributed by atoms with Crippen LogP contribution in [-0.4, -0.2) is 28.9 Å². The highest BCUT2D eigenvalue weighted by Crippen LogP contribution is 2.26. The number of rotatable bonds is 7. The molecule has 0 aliphatic carbocycles. The van der Waals surface area contributed by atoms with Crippen molar-refractivity contribution in [2.24, 2.45) is 5.73 Å². The Labute approximate surface area is 147 Å². The Balaban J connectivity index is 1.98. The lowest BCUT2D eigenvalue weighted by molar-refractivity contribution is -0.117. The van der Waals surface area contributed by atoms with Gasteiger partial charge in [0.25, 0.3) is 0 Å². The monoisotopic (exact) mass is 345 g/mol. The molecule has 0 aliphatic heterocycles. The molecule has 3 N–H and O–H groups in total. The van der Waals surface area contributed by atoms with E-state index in [1.165, 1.54) is 0 Å². The molecule has 128 valence electrons. The molecule has 0 saturated carbocycles. The van der Waals surface area contributed by atoms with E-state index in [1.54, 1.807) is 30.1 Å². The number of hydrogen-bond donors (Lipinski definition) is 2. The highest BCUT2D eigenvalue weighted by molar-refractivity contribution is 7.98. The fourth-order valence-corrected chi connectivity index (χ4v) is 2.56. The molecule has 5 nitrogen and oxygen atoms in total. The Hall–Kier alpha value is -2.05. The number of nitrogens with one attached hydrogen (secondary N) is 1. The minimum Gasteiger partial charge on any atom is -0.439 e. The molecule has 1 aromatic carbocycles. The van der Waals surface area contributed by atoms with Crippen molar-refractivity contribution in [1.29, 1.82) is 0 Å². The van der Waals surface area contributed by atoms with Gasteiger partial charge in [0, 0.05) is 6.07 Å². The predicted octanol–water partition coefficient (Wildman–Crippen LogP) is 3.51. The number of aromatic nitrogens is 1. The first kappa shape index (κ1) is 18.3. The Morgan fingerprint density at radius 2 is 2.12 bits per heavy atom. The molecular weight excluding hydrogens is 322 g/mol. The molecule has 0 aliphatic rings. The van der Waals surface area contributed by atoms with Crippen molar-refractivity contribution >= 4 is 23.4 Å². The van der Waals surface area contributed by atoms with Crippen LogP contribution in [0.5, 0.6) is 11.6 Å². The van der Waals surface area contributed by atoms with Crippen LogP contribution in [-0.2, 0) is 4.79 Å². The Bertz CT molecular complexity index is 689. The van der Waals surface area contributed by atoms with E-state index >= 15 is 0 Å². The number of aryl methyl sites for hydroxylation is 1. The lowest BCUT2D eigenvalue weighted by Crippen LogP contribution is -2.36. The highest BCUT2D eigenvalue weighted by atomic mass is 32.2. The summed E-state index contributed by atoms with van der Waals surface area (Å²) >= 11 is 1.67. The molecule has 0 unspecified atom stereocenters. The van der Waals surface area contributed by atoms with Crippen molar-refractivity contribution in [3.63, 3.8) is 0 Å². The zero-order valence-corrected chi connectivity index (χ0v) is 15.0. The fraction of sp³-hybridized carbons (Fsp3) is 0.333. The summed E-state index contributed by atoms with van der Waals surface area (Å²) in [5.41, 5.74) is 8.69. The third-order valence-corrected chi connectivity index (χ3v) is 4.39. The second-order valence-electron chi connectivity index (χ2n) is 5.56. The molecule has 0 fully saturated rings. The van der Waals surface area contributed by atoms with Crippen molar-refractivity contribution in [2.45, 2.75) is 26.3 Å². The molecule has 0 radical (unpaired) electrons. The maximum Gasteiger partial charge on any atom is 0.241 e. The molecule has 1 amide bonds. The van der Waals surface area contributed by atoms with Crippen LogP contribution in [0.15, 0.2) is 36.5 Å². The molecule has 1 aromatic heterocycles. The highest BCUT2D eigenvalue weighted by Gasteiger charge is 2.13. The van der Waals surface area contributed by atoms with Gasteiger partial charge in [-0.1, -0.05) is 12.1 Å². The van der Waals surface area contributed by atoms with Gasteiger partial charge in [0.05, 0.1) is 17.9 Å². The molecular formula is C18H23N3O2S. The predicted molar refractivity (Wildman–Crippen MR) is 99.8 cm³/mol. The minimum atomic E-state index is -0.511. The molecule has 2 rings (SSSR count). The first-order valence-corrected chi connectivity index (χ1v) is 9.16. The molecule has 24 heavy (non-hydrogen) atoms. The molecule has 2 aromatic rings. The van der Waals surface area contributed by atoms with Gasteiger partial charge < -0.3 is 15.8 Å². The number of benzene rings is 1. The molecule has 0 saturated heterocycles. The number of thioether (sulfide) groups is 1. The van der Waals surface area contributed by atoms with Gasteiger partial charge in [0.1, 0.15) is 5.75 Å². The number of hydrogen-bond acceptors (Lipinski definition) is 5. The van der Waals surface area contributed by atoms with Gasteiger partial charge in [-0.3, -0.25) is 4.79 Å². The van der Waals surface area contributed by atoms with Crippen molar-refractivity contribution in [1.82, 2.24) is 4.98 Å². The van der Waals surface area contributed by atoms with Gasteiger partial charge in [-0.15, -0.1) is 0 Å². The molecule has 1 atom stereocenters. The zero-order valence-electron chi connectivity index (χ0n) is 14.2. The number of carbonyl (C=O) groups is 1. The smallest absolute Gasteiger partial charge is 0.241 e. The second kappa shape index (κ2) is 8.70. The lowest BCUT2D eigenvalue weighted by atomic mass is 10.1. The van der Waals surface area contributed by atoms with E-state index in [9.17, 15) is 4.79 Å². The van der Waals surface area contributed by atoms with Gasteiger partial charge >= 0.3 is 0 Å². The standard InChI is InChI=1S/C18H23N3O2S/c1-12-5-4-6-16(13(12)2)23-17-8-7-14(11-20-17)21-18(22)15(19)9-10-24-3/h4-8,11,15H,9-10,19H2,1-3H3,(H,21,22)/t15-/m0/s1. The van der Waals surface area contributed by atoms with Crippen LogP contribution in [0.2, 0.25) is 0 Å². The van der Waals surface area contributed by atoms with E-state index in [2.05, 4.69) is 10.3 Å². The summed E-state index contributed by atoms with van der Waals surface area (Å²) in [6.45, 7) is 4.05. The van der Waals surface area contributed by atoms with Crippen molar-refractivity contribution < 1.29 is 9.53 Å². The number of nitrogens with zero attached hydrogens (tertiary/aromatic N) is 1. The van der Waals surface area contributed by atoms with Gasteiger partial charge in [0.2, 0.25) is 11.8 Å². The normalized spacial score (nSPS) is 11.8.